The van der Waals surface area contributed by atoms with Crippen LogP contribution in [0.25, 0.3) is 0 Å². The van der Waals surface area contributed by atoms with Gasteiger partial charge in [-0.05, 0) is 13.8 Å². The Morgan fingerprint density at radius 1 is 1.44 bits per heavy atom. The first-order valence-corrected chi connectivity index (χ1v) is 5.97. The molecule has 1 N–H and O–H groups in total. The lowest BCUT2D eigenvalue weighted by Crippen LogP contribution is -2.15. The molecule has 1 aromatic rings. The second-order valence-electron chi connectivity index (χ2n) is 4.05. The summed E-state index contributed by atoms with van der Waals surface area (Å²) in [6.07, 6.45) is -0.232. The van der Waals surface area contributed by atoms with Crippen LogP contribution in [-0.2, 0) is 22.6 Å². The summed E-state index contributed by atoms with van der Waals surface area (Å²) in [6.45, 7) is 5.60. The van der Waals surface area contributed by atoms with Gasteiger partial charge >= 0.3 is 5.97 Å². The van der Waals surface area contributed by atoms with Crippen molar-refractivity contribution in [3.8, 4) is 0 Å². The number of esters is 1. The molecule has 1 aliphatic heterocycles. The smallest absolute Gasteiger partial charge is 0.357 e. The summed E-state index contributed by atoms with van der Waals surface area (Å²) in [5.74, 6) is 0.0991. The Labute approximate surface area is 106 Å². The average Bonchev–Trinajstić information content (AvgIpc) is 2.85. The Kier molecular flexibility index (Phi) is 3.88. The van der Waals surface area contributed by atoms with Crippen LogP contribution in [0, 0.1) is 0 Å². The van der Waals surface area contributed by atoms with Crippen molar-refractivity contribution in [3.05, 3.63) is 22.8 Å². The van der Waals surface area contributed by atoms with E-state index >= 15 is 0 Å². The first-order chi connectivity index (χ1) is 8.67. The van der Waals surface area contributed by atoms with Crippen molar-refractivity contribution in [3.63, 3.8) is 0 Å². The second-order valence-corrected chi connectivity index (χ2v) is 4.05. The molecule has 0 saturated heterocycles. The van der Waals surface area contributed by atoms with Gasteiger partial charge < -0.3 is 14.8 Å². The van der Waals surface area contributed by atoms with Crippen molar-refractivity contribution in [2.75, 3.05) is 13.7 Å². The molecule has 1 unspecified atom stereocenters. The normalized spacial score (nSPS) is 15.3. The number of carbonyl (C=O) groups is 1. The van der Waals surface area contributed by atoms with E-state index < -0.39 is 5.97 Å². The van der Waals surface area contributed by atoms with Crippen LogP contribution in [0.2, 0.25) is 0 Å². The van der Waals surface area contributed by atoms with E-state index in [0.29, 0.717) is 31.2 Å². The molecular weight excluding hydrogens is 234 g/mol. The Morgan fingerprint density at radius 3 is 2.89 bits per heavy atom. The number of fused-ring (bicyclic) bond motifs is 1. The molecule has 0 spiro atoms. The molecule has 1 aromatic heterocycles. The highest BCUT2D eigenvalue weighted by Crippen LogP contribution is 2.21. The molecular formula is C12H17N3O3. The first kappa shape index (κ1) is 12.9. The Hall–Kier alpha value is -1.53. The molecule has 18 heavy (non-hydrogen) atoms. The third-order valence-electron chi connectivity index (χ3n) is 2.86. The van der Waals surface area contributed by atoms with Crippen LogP contribution < -0.4 is 5.32 Å². The van der Waals surface area contributed by atoms with E-state index in [1.807, 2.05) is 13.8 Å². The van der Waals surface area contributed by atoms with E-state index in [1.54, 1.807) is 0 Å². The van der Waals surface area contributed by atoms with Gasteiger partial charge in [-0.1, -0.05) is 0 Å². The number of rotatable bonds is 4. The molecule has 0 aliphatic carbocycles. The number of ether oxygens (including phenoxy) is 2. The summed E-state index contributed by atoms with van der Waals surface area (Å²) < 4.78 is 10.2. The maximum Gasteiger partial charge on any atom is 0.357 e. The number of hydrogen-bond acceptors (Lipinski definition) is 6. The molecule has 0 aromatic carbocycles. The molecule has 0 radical (unpaired) electrons. The number of methoxy groups -OCH3 is 1. The van der Waals surface area contributed by atoms with Gasteiger partial charge in [0.2, 0.25) is 0 Å². The van der Waals surface area contributed by atoms with E-state index in [-0.39, 0.29) is 6.10 Å². The third-order valence-corrected chi connectivity index (χ3v) is 2.86. The summed E-state index contributed by atoms with van der Waals surface area (Å²) in [7, 11) is 1.35. The van der Waals surface area contributed by atoms with Gasteiger partial charge in [-0.3, -0.25) is 0 Å². The highest BCUT2D eigenvalue weighted by Gasteiger charge is 2.25. The minimum absolute atomic E-state index is 0.232. The van der Waals surface area contributed by atoms with Crippen molar-refractivity contribution in [1.29, 1.82) is 0 Å². The quantitative estimate of drug-likeness (QED) is 0.804. The minimum Gasteiger partial charge on any atom is -0.464 e. The summed E-state index contributed by atoms with van der Waals surface area (Å²) in [5.41, 5.74) is 2.02. The highest BCUT2D eigenvalue weighted by molar-refractivity contribution is 5.89. The molecule has 6 nitrogen and oxygen atoms in total. The van der Waals surface area contributed by atoms with E-state index in [2.05, 4.69) is 15.3 Å². The standard InChI is InChI=1S/C12H17N3O3/c1-4-18-7(2)11-14-9-6-13-5-8(9)10(15-11)12(16)17-3/h7,13H,4-6H2,1-3H3. The fourth-order valence-corrected chi connectivity index (χ4v) is 1.96. The lowest BCUT2D eigenvalue weighted by atomic mass is 10.1. The van der Waals surface area contributed by atoms with Gasteiger partial charge in [0.25, 0.3) is 0 Å². The zero-order chi connectivity index (χ0) is 13.1. The van der Waals surface area contributed by atoms with Gasteiger partial charge in [0.05, 0.1) is 12.8 Å². The number of nitrogens with zero attached hydrogens (tertiary/aromatic N) is 2. The van der Waals surface area contributed by atoms with Gasteiger partial charge in [-0.15, -0.1) is 0 Å². The molecule has 0 fully saturated rings. The summed E-state index contributed by atoms with van der Waals surface area (Å²) in [6, 6.07) is 0. The Bertz CT molecular complexity index is 462. The van der Waals surface area contributed by atoms with Gasteiger partial charge in [0, 0.05) is 25.3 Å². The molecule has 0 amide bonds. The fourth-order valence-electron chi connectivity index (χ4n) is 1.96. The number of carbonyl (C=O) groups excluding carboxylic acids is 1. The van der Waals surface area contributed by atoms with Gasteiger partial charge in [-0.25, -0.2) is 14.8 Å². The largest absolute Gasteiger partial charge is 0.464 e. The van der Waals surface area contributed by atoms with Crippen molar-refractivity contribution in [1.82, 2.24) is 15.3 Å². The Morgan fingerprint density at radius 2 is 2.22 bits per heavy atom. The molecule has 1 aliphatic rings. The molecule has 6 heteroatoms. The molecule has 2 heterocycles. The summed E-state index contributed by atoms with van der Waals surface area (Å²) >= 11 is 0. The van der Waals surface area contributed by atoms with E-state index in [4.69, 9.17) is 9.47 Å². The van der Waals surface area contributed by atoms with Crippen LogP contribution in [0.4, 0.5) is 0 Å². The Balaban J connectivity index is 2.42. The van der Waals surface area contributed by atoms with Crippen LogP contribution in [-0.4, -0.2) is 29.7 Å². The van der Waals surface area contributed by atoms with E-state index in [0.717, 1.165) is 11.3 Å². The van der Waals surface area contributed by atoms with E-state index in [1.165, 1.54) is 7.11 Å². The number of aromatic nitrogens is 2. The highest BCUT2D eigenvalue weighted by atomic mass is 16.5. The van der Waals surface area contributed by atoms with Crippen molar-refractivity contribution in [2.45, 2.75) is 33.0 Å². The lowest BCUT2D eigenvalue weighted by Gasteiger charge is -2.13. The van der Waals surface area contributed by atoms with E-state index in [9.17, 15) is 4.79 Å². The monoisotopic (exact) mass is 251 g/mol. The third kappa shape index (κ3) is 2.34. The second kappa shape index (κ2) is 5.41. The van der Waals surface area contributed by atoms with Gasteiger partial charge in [0.1, 0.15) is 6.10 Å². The molecule has 1 atom stereocenters. The van der Waals surface area contributed by atoms with Crippen LogP contribution in [0.1, 0.15) is 47.5 Å². The molecule has 2 rings (SSSR count). The average molecular weight is 251 g/mol. The minimum atomic E-state index is -0.428. The maximum atomic E-state index is 11.7. The van der Waals surface area contributed by atoms with Crippen LogP contribution in [0.3, 0.4) is 0 Å². The topological polar surface area (TPSA) is 73.3 Å². The van der Waals surface area contributed by atoms with Crippen molar-refractivity contribution >= 4 is 5.97 Å². The summed E-state index contributed by atoms with van der Waals surface area (Å²) in [4.78, 5) is 20.5. The van der Waals surface area contributed by atoms with Crippen LogP contribution in [0.5, 0.6) is 0 Å². The molecule has 0 saturated carbocycles. The predicted molar refractivity (Wildman–Crippen MR) is 64.0 cm³/mol. The predicted octanol–water partition coefficient (Wildman–Crippen LogP) is 0.964. The molecule has 98 valence electrons. The lowest BCUT2D eigenvalue weighted by molar-refractivity contribution is 0.0581. The fraction of sp³-hybridized carbons (Fsp3) is 0.583. The van der Waals surface area contributed by atoms with Crippen molar-refractivity contribution < 1.29 is 14.3 Å². The maximum absolute atomic E-state index is 11.7. The zero-order valence-corrected chi connectivity index (χ0v) is 10.8. The van der Waals surface area contributed by atoms with Gasteiger partial charge in [0.15, 0.2) is 11.5 Å². The summed E-state index contributed by atoms with van der Waals surface area (Å²) in [5, 5.41) is 3.15. The van der Waals surface area contributed by atoms with Gasteiger partial charge in [-0.2, -0.15) is 0 Å². The SMILES string of the molecule is CCOC(C)c1nc2c(c(C(=O)OC)n1)CNC2. The van der Waals surface area contributed by atoms with Crippen molar-refractivity contribution in [2.24, 2.45) is 0 Å². The van der Waals surface area contributed by atoms with Crippen LogP contribution in [0.15, 0.2) is 0 Å². The first-order valence-electron chi connectivity index (χ1n) is 5.97. The number of hydrogen-bond donors (Lipinski definition) is 1. The van der Waals surface area contributed by atoms with Crippen LogP contribution >= 0.6 is 0 Å². The zero-order valence-electron chi connectivity index (χ0n) is 10.8. The molecule has 0 bridgehead atoms. The number of nitrogens with one attached hydrogen (secondary N) is 1.